The Hall–Kier alpha value is -1.62. The third kappa shape index (κ3) is 3.58. The van der Waals surface area contributed by atoms with Gasteiger partial charge in [0.2, 0.25) is 0 Å². The first-order valence-corrected chi connectivity index (χ1v) is 8.20. The maximum Gasteiger partial charge on any atom is 0.268 e. The van der Waals surface area contributed by atoms with Crippen LogP contribution in [0.25, 0.3) is 0 Å². The van der Waals surface area contributed by atoms with Gasteiger partial charge in [-0.05, 0) is 52.1 Å². The van der Waals surface area contributed by atoms with Gasteiger partial charge < -0.3 is 15.6 Å². The summed E-state index contributed by atoms with van der Waals surface area (Å²) >= 11 is 0. The molecular weight excluding hydrogens is 278 g/mol. The van der Waals surface area contributed by atoms with E-state index in [1.54, 1.807) is 6.92 Å². The van der Waals surface area contributed by atoms with Crippen LogP contribution in [0.1, 0.15) is 72.1 Å². The van der Waals surface area contributed by atoms with Crippen LogP contribution in [0.3, 0.4) is 0 Å². The van der Waals surface area contributed by atoms with E-state index < -0.39 is 0 Å². The predicted molar refractivity (Wildman–Crippen MR) is 87.5 cm³/mol. The van der Waals surface area contributed by atoms with Gasteiger partial charge in [-0.2, -0.15) is 0 Å². The van der Waals surface area contributed by atoms with Crippen LogP contribution in [0.5, 0.6) is 0 Å². The molecule has 2 rings (SSSR count). The average Bonchev–Trinajstić information content (AvgIpc) is 2.76. The fourth-order valence-electron chi connectivity index (χ4n) is 3.37. The second kappa shape index (κ2) is 7.09. The second-order valence-electron chi connectivity index (χ2n) is 6.33. The molecule has 1 fully saturated rings. The minimum absolute atomic E-state index is 0.0201. The Morgan fingerprint density at radius 3 is 2.68 bits per heavy atom. The van der Waals surface area contributed by atoms with E-state index in [1.807, 2.05) is 6.92 Å². The minimum atomic E-state index is -0.0850. The van der Waals surface area contributed by atoms with E-state index in [4.69, 9.17) is 0 Å². The first-order chi connectivity index (χ1) is 10.4. The smallest absolute Gasteiger partial charge is 0.268 e. The van der Waals surface area contributed by atoms with E-state index >= 15 is 0 Å². The first kappa shape index (κ1) is 16.7. The van der Waals surface area contributed by atoms with Crippen LogP contribution in [0.4, 0.5) is 0 Å². The highest BCUT2D eigenvalue weighted by Gasteiger charge is 2.25. The molecule has 1 saturated heterocycles. The minimum Gasteiger partial charge on any atom is -0.354 e. The number of carbonyl (C=O) groups excluding carboxylic acids is 2. The molecule has 1 amide bonds. The number of ketones is 1. The van der Waals surface area contributed by atoms with Gasteiger partial charge in [-0.25, -0.2) is 0 Å². The lowest BCUT2D eigenvalue weighted by atomic mass is 9.99. The van der Waals surface area contributed by atoms with Gasteiger partial charge in [0.1, 0.15) is 5.69 Å². The Labute approximate surface area is 132 Å². The molecule has 22 heavy (non-hydrogen) atoms. The van der Waals surface area contributed by atoms with Gasteiger partial charge in [0.25, 0.3) is 5.91 Å². The van der Waals surface area contributed by atoms with Crippen LogP contribution in [0.15, 0.2) is 0 Å². The number of hydrogen-bond donors (Lipinski definition) is 3. The average molecular weight is 305 g/mol. The number of hydrogen-bond acceptors (Lipinski definition) is 3. The third-order valence-electron chi connectivity index (χ3n) is 4.33. The maximum absolute atomic E-state index is 12.6. The molecule has 1 aromatic rings. The maximum atomic E-state index is 12.6. The molecule has 3 N–H and O–H groups in total. The molecule has 122 valence electrons. The number of amides is 1. The van der Waals surface area contributed by atoms with Crippen molar-refractivity contribution in [1.29, 1.82) is 0 Å². The molecule has 0 spiro atoms. The lowest BCUT2D eigenvalue weighted by Gasteiger charge is -2.28. The van der Waals surface area contributed by atoms with E-state index in [0.29, 0.717) is 17.3 Å². The van der Waals surface area contributed by atoms with Crippen molar-refractivity contribution in [2.24, 2.45) is 0 Å². The van der Waals surface area contributed by atoms with Crippen LogP contribution in [-0.4, -0.2) is 35.3 Å². The van der Waals surface area contributed by atoms with Gasteiger partial charge in [0, 0.05) is 23.3 Å². The quantitative estimate of drug-likeness (QED) is 0.731. The summed E-state index contributed by atoms with van der Waals surface area (Å²) in [6.45, 7) is 8.54. The first-order valence-electron chi connectivity index (χ1n) is 8.20. The molecule has 2 heterocycles. The summed E-state index contributed by atoms with van der Waals surface area (Å²) in [6, 6.07) is 0.620. The summed E-state index contributed by atoms with van der Waals surface area (Å²) in [5.74, 6) is -0.0649. The van der Waals surface area contributed by atoms with E-state index in [2.05, 4.69) is 29.5 Å². The Bertz CT molecular complexity index is 562. The molecular formula is C17H27N3O2. The number of piperidine rings is 1. The molecule has 2 atom stereocenters. The van der Waals surface area contributed by atoms with Gasteiger partial charge in [-0.3, -0.25) is 9.59 Å². The van der Waals surface area contributed by atoms with E-state index in [9.17, 15) is 9.59 Å². The van der Waals surface area contributed by atoms with Gasteiger partial charge in [-0.15, -0.1) is 0 Å². The number of aryl methyl sites for hydroxylation is 1. The molecule has 1 aromatic heterocycles. The Balaban J connectivity index is 2.21. The SMILES string of the molecule is CCCc1c(C(=O)NC2CCNC(C)C2)[nH]c(C)c1C(C)=O. The molecule has 0 bridgehead atoms. The zero-order chi connectivity index (χ0) is 16.3. The molecule has 0 saturated carbocycles. The normalized spacial score (nSPS) is 21.6. The fourth-order valence-corrected chi connectivity index (χ4v) is 3.37. The molecule has 0 aliphatic carbocycles. The van der Waals surface area contributed by atoms with Gasteiger partial charge in [-0.1, -0.05) is 13.3 Å². The Kier molecular flexibility index (Phi) is 5.40. The number of aromatic amines is 1. The van der Waals surface area contributed by atoms with Crippen molar-refractivity contribution in [1.82, 2.24) is 15.6 Å². The molecule has 2 unspecified atom stereocenters. The van der Waals surface area contributed by atoms with Crippen LogP contribution in [0.2, 0.25) is 0 Å². The molecule has 1 aliphatic rings. The van der Waals surface area contributed by atoms with Crippen molar-refractivity contribution in [3.8, 4) is 0 Å². The molecule has 1 aliphatic heterocycles. The highest BCUT2D eigenvalue weighted by atomic mass is 16.2. The number of H-pyrrole nitrogens is 1. The molecule has 0 radical (unpaired) electrons. The summed E-state index contributed by atoms with van der Waals surface area (Å²) in [4.78, 5) is 27.6. The summed E-state index contributed by atoms with van der Waals surface area (Å²) in [7, 11) is 0. The number of aromatic nitrogens is 1. The zero-order valence-electron chi connectivity index (χ0n) is 14.0. The van der Waals surface area contributed by atoms with Crippen LogP contribution in [-0.2, 0) is 6.42 Å². The Morgan fingerprint density at radius 2 is 2.09 bits per heavy atom. The standard InChI is InChI=1S/C17H27N3O2/c1-5-6-14-15(12(4)21)11(3)19-16(14)17(22)20-13-7-8-18-10(2)9-13/h10,13,18-19H,5-9H2,1-4H3,(H,20,22). The zero-order valence-corrected chi connectivity index (χ0v) is 14.0. The lowest BCUT2D eigenvalue weighted by molar-refractivity contribution is 0.0920. The summed E-state index contributed by atoms with van der Waals surface area (Å²) in [6.07, 6.45) is 3.53. The van der Waals surface area contributed by atoms with Gasteiger partial charge >= 0.3 is 0 Å². The van der Waals surface area contributed by atoms with Crippen LogP contribution < -0.4 is 10.6 Å². The third-order valence-corrected chi connectivity index (χ3v) is 4.33. The largest absolute Gasteiger partial charge is 0.354 e. The molecule has 5 nitrogen and oxygen atoms in total. The number of nitrogens with one attached hydrogen (secondary N) is 3. The fraction of sp³-hybridized carbons (Fsp3) is 0.647. The molecule has 5 heteroatoms. The van der Waals surface area contributed by atoms with Crippen molar-refractivity contribution in [2.75, 3.05) is 6.54 Å². The highest BCUT2D eigenvalue weighted by Crippen LogP contribution is 2.22. The lowest BCUT2D eigenvalue weighted by Crippen LogP contribution is -2.46. The van der Waals surface area contributed by atoms with E-state index in [0.717, 1.165) is 43.5 Å². The van der Waals surface area contributed by atoms with Gasteiger partial charge in [0.15, 0.2) is 5.78 Å². The van der Waals surface area contributed by atoms with E-state index in [-0.39, 0.29) is 17.7 Å². The number of rotatable bonds is 5. The van der Waals surface area contributed by atoms with Crippen molar-refractivity contribution >= 4 is 11.7 Å². The van der Waals surface area contributed by atoms with Crippen molar-refractivity contribution in [2.45, 2.75) is 65.5 Å². The van der Waals surface area contributed by atoms with Gasteiger partial charge in [0.05, 0.1) is 0 Å². The van der Waals surface area contributed by atoms with Crippen molar-refractivity contribution in [3.05, 3.63) is 22.5 Å². The highest BCUT2D eigenvalue weighted by molar-refractivity contribution is 6.02. The summed E-state index contributed by atoms with van der Waals surface area (Å²) < 4.78 is 0. The van der Waals surface area contributed by atoms with Crippen LogP contribution in [0, 0.1) is 6.92 Å². The predicted octanol–water partition coefficient (Wildman–Crippen LogP) is 2.35. The monoisotopic (exact) mass is 305 g/mol. The van der Waals surface area contributed by atoms with E-state index in [1.165, 1.54) is 0 Å². The van der Waals surface area contributed by atoms with Crippen molar-refractivity contribution < 1.29 is 9.59 Å². The Morgan fingerprint density at radius 1 is 1.36 bits per heavy atom. The summed E-state index contributed by atoms with van der Waals surface area (Å²) in [5, 5.41) is 6.50. The topological polar surface area (TPSA) is 74.0 Å². The second-order valence-corrected chi connectivity index (χ2v) is 6.33. The van der Waals surface area contributed by atoms with Crippen molar-refractivity contribution in [3.63, 3.8) is 0 Å². The molecule has 0 aromatic carbocycles. The number of Topliss-reactive ketones (excluding diaryl/α,β-unsaturated/α-hetero) is 1. The summed E-state index contributed by atoms with van der Waals surface area (Å²) in [5.41, 5.74) is 2.91. The van der Waals surface area contributed by atoms with Crippen LogP contribution >= 0.6 is 0 Å². The number of carbonyl (C=O) groups is 2.